The predicted octanol–water partition coefficient (Wildman–Crippen LogP) is 2.85. The van der Waals surface area contributed by atoms with Gasteiger partial charge >= 0.3 is 7.12 Å². The predicted molar refractivity (Wildman–Crippen MR) is 93.0 cm³/mol. The molecule has 0 aliphatic carbocycles. The molecule has 2 heterocycles. The molecule has 5 heteroatoms. The molecule has 1 aliphatic rings. The largest absolute Gasteiger partial charge is 0.516 e. The first-order valence-electron chi connectivity index (χ1n) is 8.13. The summed E-state index contributed by atoms with van der Waals surface area (Å²) < 4.78 is 14.0. The van der Waals surface area contributed by atoms with E-state index >= 15 is 0 Å². The van der Waals surface area contributed by atoms with Gasteiger partial charge < -0.3 is 9.31 Å². The van der Waals surface area contributed by atoms with Gasteiger partial charge in [0.25, 0.3) is 0 Å². The van der Waals surface area contributed by atoms with Crippen LogP contribution in [0.25, 0.3) is 0 Å². The van der Waals surface area contributed by atoms with Crippen molar-refractivity contribution in [1.82, 2.24) is 9.78 Å². The Hall–Kier alpha value is -1.59. The first kappa shape index (κ1) is 16.3. The van der Waals surface area contributed by atoms with Gasteiger partial charge in [-0.05, 0) is 64.3 Å². The Morgan fingerprint density at radius 1 is 1.00 bits per heavy atom. The number of aryl methyl sites for hydroxylation is 2. The van der Waals surface area contributed by atoms with Gasteiger partial charge in [0.05, 0.1) is 23.3 Å². The van der Waals surface area contributed by atoms with E-state index in [1.165, 1.54) is 16.7 Å². The number of hydrogen-bond donors (Lipinski definition) is 0. The topological polar surface area (TPSA) is 36.3 Å². The lowest BCUT2D eigenvalue weighted by Crippen LogP contribution is -2.41. The number of nitrogens with zero attached hydrogens (tertiary/aromatic N) is 2. The second-order valence-electron chi connectivity index (χ2n) is 7.45. The van der Waals surface area contributed by atoms with E-state index < -0.39 is 7.12 Å². The summed E-state index contributed by atoms with van der Waals surface area (Å²) in [5.41, 5.74) is 4.02. The van der Waals surface area contributed by atoms with E-state index in [0.29, 0.717) is 0 Å². The average Bonchev–Trinajstić information content (AvgIpc) is 2.97. The lowest BCUT2D eigenvalue weighted by Gasteiger charge is -2.32. The molecule has 1 saturated heterocycles. The van der Waals surface area contributed by atoms with Crippen LogP contribution in [0.1, 0.15) is 44.4 Å². The molecule has 0 amide bonds. The molecule has 4 nitrogen and oxygen atoms in total. The van der Waals surface area contributed by atoms with Crippen LogP contribution in [-0.2, 0) is 15.9 Å². The Morgan fingerprint density at radius 2 is 1.65 bits per heavy atom. The van der Waals surface area contributed by atoms with E-state index in [1.807, 2.05) is 16.9 Å². The average molecular weight is 312 g/mol. The maximum Gasteiger partial charge on any atom is 0.516 e. The highest BCUT2D eigenvalue weighted by Crippen LogP contribution is 2.36. The van der Waals surface area contributed by atoms with Crippen LogP contribution in [0.15, 0.2) is 30.5 Å². The minimum Gasteiger partial charge on any atom is -0.398 e. The molecule has 3 rings (SSSR count). The smallest absolute Gasteiger partial charge is 0.398 e. The molecule has 0 atom stereocenters. The van der Waals surface area contributed by atoms with E-state index in [9.17, 15) is 0 Å². The Morgan fingerprint density at radius 3 is 2.26 bits per heavy atom. The van der Waals surface area contributed by atoms with Crippen molar-refractivity contribution in [3.05, 3.63) is 47.2 Å². The van der Waals surface area contributed by atoms with Gasteiger partial charge in [0, 0.05) is 6.20 Å². The highest BCUT2D eigenvalue weighted by molar-refractivity contribution is 6.61. The van der Waals surface area contributed by atoms with Crippen molar-refractivity contribution in [1.29, 1.82) is 0 Å². The lowest BCUT2D eigenvalue weighted by atomic mass is 9.85. The van der Waals surface area contributed by atoms with Crippen LogP contribution in [0.2, 0.25) is 0 Å². The normalized spacial score (nSPS) is 19.3. The van der Waals surface area contributed by atoms with Crippen LogP contribution in [-0.4, -0.2) is 28.1 Å². The zero-order valence-electron chi connectivity index (χ0n) is 14.9. The number of aromatic nitrogens is 2. The summed E-state index contributed by atoms with van der Waals surface area (Å²) in [6.07, 6.45) is 1.98. The minimum atomic E-state index is -0.402. The van der Waals surface area contributed by atoms with Gasteiger partial charge in [-0.15, -0.1) is 0 Å². The summed E-state index contributed by atoms with van der Waals surface area (Å²) in [5.74, 6) is 0. The molecule has 0 spiro atoms. The van der Waals surface area contributed by atoms with Crippen LogP contribution in [0.3, 0.4) is 0 Å². The highest BCUT2D eigenvalue weighted by Gasteiger charge is 2.52. The molecular formula is C18H25BN2O2. The van der Waals surface area contributed by atoms with Crippen molar-refractivity contribution in [3.8, 4) is 0 Å². The summed E-state index contributed by atoms with van der Waals surface area (Å²) in [7, 11) is -0.402. The van der Waals surface area contributed by atoms with Crippen LogP contribution < -0.4 is 5.59 Å². The third-order valence-corrected chi connectivity index (χ3v) is 5.07. The van der Waals surface area contributed by atoms with Crippen molar-refractivity contribution in [2.75, 3.05) is 0 Å². The third-order valence-electron chi connectivity index (χ3n) is 5.07. The standard InChI is InChI=1S/C18H25BN2O2/c1-13-7-8-15(11-14(13)2)12-21-10-9-16(20-21)19-22-17(3,4)18(5,6)23-19/h7-11H,12H2,1-6H3. The minimum absolute atomic E-state index is 0.338. The zero-order valence-corrected chi connectivity index (χ0v) is 14.9. The molecule has 1 aromatic carbocycles. The molecule has 0 saturated carbocycles. The Balaban J connectivity index is 1.75. The van der Waals surface area contributed by atoms with E-state index in [4.69, 9.17) is 9.31 Å². The summed E-state index contributed by atoms with van der Waals surface area (Å²) in [6, 6.07) is 8.50. The number of benzene rings is 1. The van der Waals surface area contributed by atoms with Gasteiger partial charge in [-0.1, -0.05) is 18.2 Å². The van der Waals surface area contributed by atoms with Crippen molar-refractivity contribution in [2.45, 2.75) is 59.3 Å². The molecule has 122 valence electrons. The SMILES string of the molecule is Cc1ccc(Cn2ccc(B3OC(C)(C)C(C)(C)O3)n2)cc1C. The molecular weight excluding hydrogens is 287 g/mol. The van der Waals surface area contributed by atoms with Gasteiger partial charge in [0.15, 0.2) is 0 Å². The van der Waals surface area contributed by atoms with Gasteiger partial charge in [0.1, 0.15) is 0 Å². The van der Waals surface area contributed by atoms with Crippen molar-refractivity contribution < 1.29 is 9.31 Å². The van der Waals surface area contributed by atoms with Crippen molar-refractivity contribution in [2.24, 2.45) is 0 Å². The molecule has 0 radical (unpaired) electrons. The first-order valence-corrected chi connectivity index (χ1v) is 8.13. The molecule has 1 aliphatic heterocycles. The molecule has 0 unspecified atom stereocenters. The maximum atomic E-state index is 6.05. The lowest BCUT2D eigenvalue weighted by molar-refractivity contribution is 0.00578. The molecule has 0 N–H and O–H groups in total. The third kappa shape index (κ3) is 3.08. The van der Waals surface area contributed by atoms with Crippen LogP contribution in [0.4, 0.5) is 0 Å². The number of rotatable bonds is 3. The second-order valence-corrected chi connectivity index (χ2v) is 7.45. The zero-order chi connectivity index (χ0) is 16.8. The fraction of sp³-hybridized carbons (Fsp3) is 0.500. The van der Waals surface area contributed by atoms with Crippen LogP contribution in [0.5, 0.6) is 0 Å². The summed E-state index contributed by atoms with van der Waals surface area (Å²) in [5, 5.41) is 4.64. The Labute approximate surface area is 138 Å². The second kappa shape index (κ2) is 5.50. The molecule has 23 heavy (non-hydrogen) atoms. The van der Waals surface area contributed by atoms with Gasteiger partial charge in [-0.2, -0.15) is 5.10 Å². The van der Waals surface area contributed by atoms with Gasteiger partial charge in [-0.25, -0.2) is 0 Å². The fourth-order valence-corrected chi connectivity index (χ4v) is 2.64. The first-order chi connectivity index (χ1) is 10.7. The van der Waals surface area contributed by atoms with E-state index in [-0.39, 0.29) is 11.2 Å². The van der Waals surface area contributed by atoms with Gasteiger partial charge in [-0.3, -0.25) is 4.68 Å². The monoisotopic (exact) mass is 312 g/mol. The van der Waals surface area contributed by atoms with Crippen molar-refractivity contribution in [3.63, 3.8) is 0 Å². The molecule has 1 fully saturated rings. The maximum absolute atomic E-state index is 6.05. The van der Waals surface area contributed by atoms with Crippen molar-refractivity contribution >= 4 is 12.7 Å². The van der Waals surface area contributed by atoms with Crippen LogP contribution in [0, 0.1) is 13.8 Å². The molecule has 2 aromatic rings. The molecule has 1 aromatic heterocycles. The van der Waals surface area contributed by atoms with E-state index in [0.717, 1.165) is 12.1 Å². The fourth-order valence-electron chi connectivity index (χ4n) is 2.64. The quantitative estimate of drug-likeness (QED) is 0.818. The molecule has 0 bridgehead atoms. The summed E-state index contributed by atoms with van der Waals surface area (Å²) >= 11 is 0. The van der Waals surface area contributed by atoms with Crippen LogP contribution >= 0.6 is 0 Å². The summed E-state index contributed by atoms with van der Waals surface area (Å²) in [4.78, 5) is 0. The Bertz CT molecular complexity index is 706. The Kier molecular flexibility index (Phi) is 3.89. The van der Waals surface area contributed by atoms with E-state index in [1.54, 1.807) is 0 Å². The summed E-state index contributed by atoms with van der Waals surface area (Å²) in [6.45, 7) is 13.2. The van der Waals surface area contributed by atoms with Gasteiger partial charge in [0.2, 0.25) is 0 Å². The van der Waals surface area contributed by atoms with E-state index in [2.05, 4.69) is 64.8 Å². The number of hydrogen-bond acceptors (Lipinski definition) is 3. The highest BCUT2D eigenvalue weighted by atomic mass is 16.7.